The lowest BCUT2D eigenvalue weighted by Crippen LogP contribution is -2.04. The van der Waals surface area contributed by atoms with E-state index in [1.807, 2.05) is 48.5 Å². The molecule has 65 heavy (non-hydrogen) atoms. The van der Waals surface area contributed by atoms with Crippen molar-refractivity contribution in [3.63, 3.8) is 0 Å². The number of benzene rings is 10. The molecule has 0 N–H and O–H groups in total. The first-order valence-corrected chi connectivity index (χ1v) is 21.8. The van der Waals surface area contributed by atoms with Crippen LogP contribution in [0.5, 0.6) is 0 Å². The summed E-state index contributed by atoms with van der Waals surface area (Å²) in [6.07, 6.45) is 0. The summed E-state index contributed by atoms with van der Waals surface area (Å²) in [6.45, 7) is 0. The molecule has 0 bridgehead atoms. The first-order chi connectivity index (χ1) is 32.2. The highest BCUT2D eigenvalue weighted by atomic mass is 16.3. The number of nitrogens with zero attached hydrogens (tertiary/aromatic N) is 4. The van der Waals surface area contributed by atoms with Crippen LogP contribution in [0.15, 0.2) is 215 Å². The molecule has 0 aliphatic rings. The van der Waals surface area contributed by atoms with Gasteiger partial charge >= 0.3 is 0 Å². The average molecular weight is 831 g/mol. The monoisotopic (exact) mass is 830 g/mol. The topological polar surface area (TPSA) is 69.9 Å². The highest BCUT2D eigenvalue weighted by Crippen LogP contribution is 2.45. The maximum absolute atomic E-state index is 6.66. The zero-order chi connectivity index (χ0) is 42.6. The SMILES string of the molecule is c1ccc(-c2ccc(-c3nc(-c4cccc5oc6ccccc6c45)nc(-c4c(-n5c6cc7ccccc7cc6c6c7ccccc7ccc65)ccc5oc6ccccc6c45)n3)cc2)cc1. The molecule has 4 heterocycles. The summed E-state index contributed by atoms with van der Waals surface area (Å²) in [5.74, 6) is 1.64. The molecule has 0 aliphatic carbocycles. The summed E-state index contributed by atoms with van der Waals surface area (Å²) in [5, 5.41) is 11.0. The quantitative estimate of drug-likeness (QED) is 0.173. The number of hydrogen-bond donors (Lipinski definition) is 0. The fourth-order valence-corrected chi connectivity index (χ4v) is 10.1. The summed E-state index contributed by atoms with van der Waals surface area (Å²) < 4.78 is 15.5. The number of rotatable bonds is 5. The van der Waals surface area contributed by atoms with E-state index in [4.69, 9.17) is 23.8 Å². The molecular formula is C59H34N4O2. The van der Waals surface area contributed by atoms with Crippen LogP contribution in [0.1, 0.15) is 0 Å². The van der Waals surface area contributed by atoms with Gasteiger partial charge in [-0.1, -0.05) is 158 Å². The van der Waals surface area contributed by atoms with Gasteiger partial charge in [-0.05, 0) is 81.2 Å². The lowest BCUT2D eigenvalue weighted by atomic mass is 10.0. The van der Waals surface area contributed by atoms with Gasteiger partial charge in [0.25, 0.3) is 0 Å². The molecule has 14 rings (SSSR count). The summed E-state index contributed by atoms with van der Waals surface area (Å²) in [7, 11) is 0. The molecule has 14 aromatic rings. The Bertz CT molecular complexity index is 4240. The predicted molar refractivity (Wildman–Crippen MR) is 265 cm³/mol. The standard InChI is InChI=1S/C59H34N4O2/c1-2-13-35(14-3-1)36-25-27-38(28-26-36)57-60-58(44-21-12-24-51-54(44)42-19-8-10-22-49(42)64-51)62-59(61-57)56-47(31-32-52-55(56)43-20-9-11-23-50(43)65-52)63-46-30-29-37-15-6-7-18-41(37)53(46)45-33-39-16-4-5-17-40(39)34-48(45)63/h1-34H. The molecule has 0 amide bonds. The van der Waals surface area contributed by atoms with Crippen molar-refractivity contribution in [3.05, 3.63) is 206 Å². The smallest absolute Gasteiger partial charge is 0.166 e. The van der Waals surface area contributed by atoms with Crippen LogP contribution in [0.25, 0.3) is 138 Å². The van der Waals surface area contributed by atoms with Gasteiger partial charge in [0.05, 0.1) is 22.3 Å². The van der Waals surface area contributed by atoms with Crippen LogP contribution in [-0.4, -0.2) is 19.5 Å². The van der Waals surface area contributed by atoms with E-state index >= 15 is 0 Å². The lowest BCUT2D eigenvalue weighted by molar-refractivity contribution is 0.668. The summed E-state index contributed by atoms with van der Waals surface area (Å²) in [6, 6.07) is 72.1. The molecule has 4 aromatic heterocycles. The Hall–Kier alpha value is -8.87. The Morgan fingerprint density at radius 1 is 0.323 bits per heavy atom. The third-order valence-electron chi connectivity index (χ3n) is 13.0. The normalized spacial score (nSPS) is 12.0. The van der Waals surface area contributed by atoms with E-state index in [-0.39, 0.29) is 0 Å². The van der Waals surface area contributed by atoms with Crippen LogP contribution in [0.2, 0.25) is 0 Å². The van der Waals surface area contributed by atoms with E-state index in [2.05, 4.69) is 162 Å². The second-order valence-electron chi connectivity index (χ2n) is 16.7. The maximum atomic E-state index is 6.66. The molecule has 0 aliphatic heterocycles. The van der Waals surface area contributed by atoms with E-state index in [9.17, 15) is 0 Å². The van der Waals surface area contributed by atoms with Gasteiger partial charge in [-0.2, -0.15) is 0 Å². The molecule has 302 valence electrons. The molecule has 0 atom stereocenters. The van der Waals surface area contributed by atoms with Crippen LogP contribution in [0.4, 0.5) is 0 Å². The van der Waals surface area contributed by atoms with Crippen molar-refractivity contribution in [2.24, 2.45) is 0 Å². The number of fused-ring (bicyclic) bond motifs is 12. The van der Waals surface area contributed by atoms with Gasteiger partial charge in [-0.3, -0.25) is 0 Å². The Kier molecular flexibility index (Phi) is 7.59. The fourth-order valence-electron chi connectivity index (χ4n) is 10.1. The second kappa shape index (κ2) is 13.8. The fraction of sp³-hybridized carbons (Fsp3) is 0. The predicted octanol–water partition coefficient (Wildman–Crippen LogP) is 15.7. The molecule has 0 radical (unpaired) electrons. The van der Waals surface area contributed by atoms with Crippen molar-refractivity contribution < 1.29 is 8.83 Å². The Labute approximate surface area is 371 Å². The number of furan rings is 2. The molecule has 6 heteroatoms. The Morgan fingerprint density at radius 2 is 0.908 bits per heavy atom. The van der Waals surface area contributed by atoms with Gasteiger partial charge in [0, 0.05) is 43.4 Å². The van der Waals surface area contributed by atoms with Crippen molar-refractivity contribution in [1.82, 2.24) is 19.5 Å². The van der Waals surface area contributed by atoms with Crippen molar-refractivity contribution >= 4 is 87.2 Å². The summed E-state index contributed by atoms with van der Waals surface area (Å²) in [4.78, 5) is 16.4. The maximum Gasteiger partial charge on any atom is 0.166 e. The van der Waals surface area contributed by atoms with Crippen LogP contribution >= 0.6 is 0 Å². The molecule has 0 unspecified atom stereocenters. The van der Waals surface area contributed by atoms with Gasteiger partial charge in [-0.15, -0.1) is 0 Å². The molecular weight excluding hydrogens is 797 g/mol. The molecule has 0 saturated heterocycles. The van der Waals surface area contributed by atoms with E-state index in [0.29, 0.717) is 17.5 Å². The van der Waals surface area contributed by atoms with Crippen LogP contribution in [0, 0.1) is 0 Å². The molecule has 0 spiro atoms. The van der Waals surface area contributed by atoms with Crippen molar-refractivity contribution in [3.8, 4) is 51.0 Å². The minimum atomic E-state index is 0.533. The summed E-state index contributed by atoms with van der Waals surface area (Å²) in [5.41, 5.74) is 11.1. The minimum Gasteiger partial charge on any atom is -0.456 e. The van der Waals surface area contributed by atoms with Crippen molar-refractivity contribution in [2.45, 2.75) is 0 Å². The largest absolute Gasteiger partial charge is 0.456 e. The molecule has 10 aromatic carbocycles. The molecule has 6 nitrogen and oxygen atoms in total. The highest BCUT2D eigenvalue weighted by Gasteiger charge is 2.26. The number of para-hydroxylation sites is 2. The van der Waals surface area contributed by atoms with E-state index in [1.54, 1.807) is 0 Å². The van der Waals surface area contributed by atoms with E-state index < -0.39 is 0 Å². The summed E-state index contributed by atoms with van der Waals surface area (Å²) >= 11 is 0. The van der Waals surface area contributed by atoms with Gasteiger partial charge < -0.3 is 13.4 Å². The Balaban J connectivity index is 1.12. The van der Waals surface area contributed by atoms with Crippen molar-refractivity contribution in [2.75, 3.05) is 0 Å². The highest BCUT2D eigenvalue weighted by molar-refractivity contribution is 6.24. The molecule has 0 fully saturated rings. The first-order valence-electron chi connectivity index (χ1n) is 21.8. The minimum absolute atomic E-state index is 0.533. The first kappa shape index (κ1) is 35.7. The van der Waals surface area contributed by atoms with Crippen LogP contribution in [-0.2, 0) is 0 Å². The van der Waals surface area contributed by atoms with Gasteiger partial charge in [0.1, 0.15) is 22.3 Å². The second-order valence-corrected chi connectivity index (χ2v) is 16.7. The number of hydrogen-bond acceptors (Lipinski definition) is 5. The zero-order valence-electron chi connectivity index (χ0n) is 34.7. The van der Waals surface area contributed by atoms with Crippen LogP contribution < -0.4 is 0 Å². The number of aromatic nitrogens is 4. The third kappa shape index (κ3) is 5.44. The Morgan fingerprint density at radius 3 is 1.69 bits per heavy atom. The van der Waals surface area contributed by atoms with E-state index in [0.717, 1.165) is 93.8 Å². The van der Waals surface area contributed by atoms with Crippen molar-refractivity contribution in [1.29, 1.82) is 0 Å². The van der Waals surface area contributed by atoms with Gasteiger partial charge in [0.15, 0.2) is 17.5 Å². The third-order valence-corrected chi connectivity index (χ3v) is 13.0. The molecule has 0 saturated carbocycles. The van der Waals surface area contributed by atoms with E-state index in [1.165, 1.54) is 26.9 Å². The zero-order valence-corrected chi connectivity index (χ0v) is 34.7. The average Bonchev–Trinajstić information content (AvgIpc) is 4.05. The lowest BCUT2D eigenvalue weighted by Gasteiger charge is -2.16. The van der Waals surface area contributed by atoms with Gasteiger partial charge in [-0.25, -0.2) is 15.0 Å². The van der Waals surface area contributed by atoms with Crippen LogP contribution in [0.3, 0.4) is 0 Å². The van der Waals surface area contributed by atoms with Gasteiger partial charge in [0.2, 0.25) is 0 Å².